The first kappa shape index (κ1) is 39.2. The lowest BCUT2D eigenvalue weighted by molar-refractivity contribution is 1.06. The van der Waals surface area contributed by atoms with Gasteiger partial charge >= 0.3 is 0 Å². The van der Waals surface area contributed by atoms with Crippen LogP contribution in [0.25, 0.3) is 123 Å². The Bertz CT molecular complexity index is 3690. The highest BCUT2D eigenvalue weighted by molar-refractivity contribution is 6.12. The first-order valence-electron chi connectivity index (χ1n) is 23.0. The maximum Gasteiger partial charge on any atom is 0.166 e. The summed E-state index contributed by atoms with van der Waals surface area (Å²) in [7, 11) is 0. The van der Waals surface area contributed by atoms with E-state index in [1.54, 1.807) is 0 Å². The molecule has 0 aliphatic heterocycles. The van der Waals surface area contributed by atoms with Crippen LogP contribution in [0.3, 0.4) is 0 Å². The Balaban J connectivity index is 1.15. The van der Waals surface area contributed by atoms with Crippen molar-refractivity contribution in [1.29, 1.82) is 0 Å². The minimum Gasteiger partial charge on any atom is -0.308 e. The van der Waals surface area contributed by atoms with Gasteiger partial charge in [0.1, 0.15) is 0 Å². The molecule has 0 aliphatic carbocycles. The molecule has 13 rings (SSSR count). The Morgan fingerprint density at radius 3 is 0.956 bits per heavy atom. The summed E-state index contributed by atoms with van der Waals surface area (Å²) < 4.78 is 4.81. The zero-order chi connectivity index (χ0) is 45.0. The molecule has 0 amide bonds. The number of fused-ring (bicyclic) bond motifs is 6. The molecule has 3 heterocycles. The number of hydrogen-bond donors (Lipinski definition) is 0. The van der Waals surface area contributed by atoms with Crippen LogP contribution in [0.4, 0.5) is 0 Å². The lowest BCUT2D eigenvalue weighted by atomic mass is 9.98. The molecule has 0 aliphatic rings. The molecule has 0 spiro atoms. The average Bonchev–Trinajstić information content (AvgIpc) is 3.94. The fraction of sp³-hybridized carbons (Fsp3) is 0. The molecule has 0 radical (unpaired) electrons. The van der Waals surface area contributed by atoms with Crippen LogP contribution < -0.4 is 0 Å². The maximum absolute atomic E-state index is 5.66. The van der Waals surface area contributed by atoms with Crippen molar-refractivity contribution in [3.05, 3.63) is 249 Å². The number of para-hydroxylation sites is 6. The van der Waals surface area contributed by atoms with E-state index in [4.69, 9.17) is 15.0 Å². The lowest BCUT2D eigenvalue weighted by Crippen LogP contribution is -2.07. The van der Waals surface area contributed by atoms with Crippen molar-refractivity contribution in [2.75, 3.05) is 0 Å². The maximum atomic E-state index is 5.66. The van der Waals surface area contributed by atoms with Crippen molar-refractivity contribution in [2.24, 2.45) is 0 Å². The second-order valence-corrected chi connectivity index (χ2v) is 17.1. The van der Waals surface area contributed by atoms with Gasteiger partial charge in [-0.05, 0) is 64.7 Å². The Labute approximate surface area is 393 Å². The summed E-state index contributed by atoms with van der Waals surface area (Å²) in [5.74, 6) is 1.73. The molecule has 0 atom stereocenters. The van der Waals surface area contributed by atoms with Gasteiger partial charge in [0, 0.05) is 49.4 Å². The van der Waals surface area contributed by atoms with Crippen LogP contribution >= 0.6 is 0 Å². The largest absolute Gasteiger partial charge is 0.308 e. The van der Waals surface area contributed by atoms with Gasteiger partial charge in [0.2, 0.25) is 0 Å². The molecule has 5 heteroatoms. The third kappa shape index (κ3) is 6.51. The number of aromatic nitrogens is 5. The van der Waals surface area contributed by atoms with Gasteiger partial charge in [-0.1, -0.05) is 206 Å². The van der Waals surface area contributed by atoms with Crippen molar-refractivity contribution in [1.82, 2.24) is 24.1 Å². The number of benzene rings is 10. The van der Waals surface area contributed by atoms with Crippen LogP contribution in [0.2, 0.25) is 0 Å². The molecule has 0 N–H and O–H groups in total. The van der Waals surface area contributed by atoms with Gasteiger partial charge in [-0.3, -0.25) is 0 Å². The fourth-order valence-electron chi connectivity index (χ4n) is 10.2. The van der Waals surface area contributed by atoms with E-state index in [1.807, 2.05) is 0 Å². The molecular weight excluding hydrogens is 827 g/mol. The summed E-state index contributed by atoms with van der Waals surface area (Å²) in [5.41, 5.74) is 15.6. The van der Waals surface area contributed by atoms with Crippen molar-refractivity contribution in [3.8, 4) is 78.9 Å². The highest BCUT2D eigenvalue weighted by atomic mass is 15.1. The van der Waals surface area contributed by atoms with Crippen LogP contribution in [0, 0.1) is 0 Å². The Hall–Kier alpha value is -9.19. The molecule has 0 saturated heterocycles. The van der Waals surface area contributed by atoms with E-state index >= 15 is 0 Å². The summed E-state index contributed by atoms with van der Waals surface area (Å²) in [5, 5.41) is 4.72. The third-order valence-electron chi connectivity index (χ3n) is 13.2. The van der Waals surface area contributed by atoms with E-state index in [0.29, 0.717) is 17.5 Å². The minimum atomic E-state index is 0.572. The Morgan fingerprint density at radius 2 is 0.529 bits per heavy atom. The summed E-state index contributed by atoms with van der Waals surface area (Å²) in [6, 6.07) is 88.1. The normalized spacial score (nSPS) is 11.5. The topological polar surface area (TPSA) is 48.5 Å². The molecule has 0 fully saturated rings. The Morgan fingerprint density at radius 1 is 0.221 bits per heavy atom. The van der Waals surface area contributed by atoms with Gasteiger partial charge in [0.05, 0.1) is 33.4 Å². The molecule has 318 valence electrons. The molecule has 0 bridgehead atoms. The third-order valence-corrected chi connectivity index (χ3v) is 13.2. The smallest absolute Gasteiger partial charge is 0.166 e. The zero-order valence-electron chi connectivity index (χ0n) is 36.9. The van der Waals surface area contributed by atoms with Crippen molar-refractivity contribution < 1.29 is 0 Å². The molecule has 0 saturated carbocycles. The van der Waals surface area contributed by atoms with E-state index in [-0.39, 0.29) is 0 Å². The molecule has 10 aromatic carbocycles. The summed E-state index contributed by atoms with van der Waals surface area (Å²) in [6.45, 7) is 0. The van der Waals surface area contributed by atoms with E-state index in [2.05, 4.69) is 258 Å². The minimum absolute atomic E-state index is 0.572. The summed E-state index contributed by atoms with van der Waals surface area (Å²) in [6.07, 6.45) is 0. The molecule has 0 unspecified atom stereocenters. The van der Waals surface area contributed by atoms with Crippen molar-refractivity contribution >= 4 is 43.6 Å². The molecular formula is C63H41N5. The van der Waals surface area contributed by atoms with Crippen LogP contribution in [-0.2, 0) is 0 Å². The number of rotatable bonds is 8. The zero-order valence-corrected chi connectivity index (χ0v) is 36.9. The van der Waals surface area contributed by atoms with Gasteiger partial charge in [-0.25, -0.2) is 15.0 Å². The Kier molecular flexibility index (Phi) is 9.43. The van der Waals surface area contributed by atoms with Crippen LogP contribution in [0.5, 0.6) is 0 Å². The first-order valence-corrected chi connectivity index (χ1v) is 23.0. The second kappa shape index (κ2) is 16.4. The molecule has 13 aromatic rings. The summed E-state index contributed by atoms with van der Waals surface area (Å²) in [4.78, 5) is 16.7. The predicted octanol–water partition coefficient (Wildman–Crippen LogP) is 16.1. The molecule has 3 aromatic heterocycles. The van der Waals surface area contributed by atoms with Crippen molar-refractivity contribution in [2.45, 2.75) is 0 Å². The van der Waals surface area contributed by atoms with E-state index in [1.165, 1.54) is 21.5 Å². The van der Waals surface area contributed by atoms with Gasteiger partial charge in [0.25, 0.3) is 0 Å². The molecule has 5 nitrogen and oxygen atoms in total. The fourth-order valence-corrected chi connectivity index (χ4v) is 10.2. The number of nitrogens with zero attached hydrogens (tertiary/aromatic N) is 5. The average molecular weight is 868 g/mol. The van der Waals surface area contributed by atoms with Gasteiger partial charge < -0.3 is 9.13 Å². The monoisotopic (exact) mass is 867 g/mol. The highest BCUT2D eigenvalue weighted by Gasteiger charge is 2.25. The van der Waals surface area contributed by atoms with Crippen molar-refractivity contribution in [3.63, 3.8) is 0 Å². The van der Waals surface area contributed by atoms with Gasteiger partial charge in [-0.15, -0.1) is 0 Å². The van der Waals surface area contributed by atoms with Crippen LogP contribution in [0.15, 0.2) is 249 Å². The van der Waals surface area contributed by atoms with E-state index in [0.717, 1.165) is 83.5 Å². The van der Waals surface area contributed by atoms with E-state index in [9.17, 15) is 0 Å². The number of hydrogen-bond acceptors (Lipinski definition) is 3. The lowest BCUT2D eigenvalue weighted by Gasteiger charge is -2.20. The van der Waals surface area contributed by atoms with Gasteiger partial charge in [0.15, 0.2) is 17.5 Å². The molecule has 68 heavy (non-hydrogen) atoms. The first-order chi connectivity index (χ1) is 33.8. The SMILES string of the molecule is c1ccc(-c2cccc(-c3nc(-c4cccc(-c5ccccc5)c4-n4c5ccccc5c5ccccc54)nc(-c4cccc(-c5ccccc5)c4-n4c5ccccc5c5ccccc54)n3)c2)cc1. The standard InChI is InChI=1S/C63H41N5/c1-4-21-42(22-5-1)45-27-18-28-46(41-45)61-64-62(53-35-19-33-47(43-23-6-2-7-24-43)59(53)67-55-37-14-10-29-49(55)50-30-11-15-38-56(50)67)66-63(65-61)54-36-20-34-48(44-25-8-3-9-26-44)60(54)68-57-39-16-12-31-51(57)52-32-13-17-40-58(52)68/h1-41H. The summed E-state index contributed by atoms with van der Waals surface area (Å²) >= 11 is 0. The van der Waals surface area contributed by atoms with E-state index < -0.39 is 0 Å². The quantitative estimate of drug-likeness (QED) is 0.153. The highest BCUT2D eigenvalue weighted by Crippen LogP contribution is 2.44. The second-order valence-electron chi connectivity index (χ2n) is 17.1. The predicted molar refractivity (Wildman–Crippen MR) is 281 cm³/mol. The van der Waals surface area contributed by atoms with Gasteiger partial charge in [-0.2, -0.15) is 0 Å². The van der Waals surface area contributed by atoms with Crippen LogP contribution in [0.1, 0.15) is 0 Å². The van der Waals surface area contributed by atoms with Crippen LogP contribution in [-0.4, -0.2) is 24.1 Å².